The fourth-order valence-corrected chi connectivity index (χ4v) is 4.82. The van der Waals surface area contributed by atoms with Gasteiger partial charge in [0.2, 0.25) is 10.0 Å². The van der Waals surface area contributed by atoms with Gasteiger partial charge < -0.3 is 10.6 Å². The van der Waals surface area contributed by atoms with Gasteiger partial charge >= 0.3 is 6.03 Å². The Bertz CT molecular complexity index is 995. The lowest BCUT2D eigenvalue weighted by Crippen LogP contribution is -2.27. The van der Waals surface area contributed by atoms with Crippen molar-refractivity contribution in [3.8, 4) is 0 Å². The monoisotopic (exact) mass is 418 g/mol. The van der Waals surface area contributed by atoms with Gasteiger partial charge in [-0.05, 0) is 36.4 Å². The first kappa shape index (κ1) is 20.3. The predicted molar refractivity (Wildman–Crippen MR) is 98.9 cm³/mol. The fourth-order valence-electron chi connectivity index (χ4n) is 1.84. The highest BCUT2D eigenvalue weighted by atomic mass is 32.2. The molecule has 0 bridgehead atoms. The number of nitrogens with zero attached hydrogens (tertiary/aromatic N) is 1. The number of carbonyl (C=O) groups is 1. The number of carbonyl (C=O) groups excluding carboxylic acids is 1. The van der Waals surface area contributed by atoms with Crippen LogP contribution in [0, 0.1) is 0 Å². The lowest BCUT2D eigenvalue weighted by molar-refractivity contribution is 0.252. The Morgan fingerprint density at radius 3 is 2.23 bits per heavy atom. The molecule has 0 spiro atoms. The van der Waals surface area contributed by atoms with Crippen molar-refractivity contribution >= 4 is 43.1 Å². The quantitative estimate of drug-likeness (QED) is 0.641. The summed E-state index contributed by atoms with van der Waals surface area (Å²) in [5.74, 6) is 0. The molecule has 9 nitrogen and oxygen atoms in total. The van der Waals surface area contributed by atoms with E-state index < -0.39 is 26.1 Å². The number of sulfonamides is 2. The van der Waals surface area contributed by atoms with Gasteiger partial charge in [-0.15, -0.1) is 11.3 Å². The first-order chi connectivity index (χ1) is 12.0. The number of hydrogen-bond donors (Lipinski definition) is 3. The number of urea groups is 1. The van der Waals surface area contributed by atoms with Crippen LogP contribution in [0.2, 0.25) is 0 Å². The molecule has 1 aromatic carbocycles. The van der Waals surface area contributed by atoms with Gasteiger partial charge in [-0.2, -0.15) is 0 Å². The maximum atomic E-state index is 12.0. The van der Waals surface area contributed by atoms with Crippen LogP contribution in [0.5, 0.6) is 0 Å². The molecule has 26 heavy (non-hydrogen) atoms. The van der Waals surface area contributed by atoms with Gasteiger partial charge in [0.1, 0.15) is 4.21 Å². The topological polar surface area (TPSA) is 139 Å². The summed E-state index contributed by atoms with van der Waals surface area (Å²) in [6.07, 6.45) is 0. The van der Waals surface area contributed by atoms with E-state index >= 15 is 0 Å². The Morgan fingerprint density at radius 2 is 1.69 bits per heavy atom. The van der Waals surface area contributed by atoms with E-state index in [9.17, 15) is 21.6 Å². The van der Waals surface area contributed by atoms with E-state index in [0.29, 0.717) is 10.6 Å². The zero-order valence-corrected chi connectivity index (χ0v) is 16.4. The zero-order chi connectivity index (χ0) is 19.5. The normalized spacial score (nSPS) is 12.2. The van der Waals surface area contributed by atoms with Crippen LogP contribution in [-0.2, 0) is 26.6 Å². The molecule has 0 saturated carbocycles. The Morgan fingerprint density at radius 1 is 1.08 bits per heavy atom. The third kappa shape index (κ3) is 5.02. The number of amides is 2. The van der Waals surface area contributed by atoms with Crippen LogP contribution in [0.4, 0.5) is 10.5 Å². The van der Waals surface area contributed by atoms with Crippen molar-refractivity contribution in [1.82, 2.24) is 9.62 Å². The molecule has 12 heteroatoms. The molecule has 0 unspecified atom stereocenters. The smallest absolute Gasteiger partial charge is 0.319 e. The van der Waals surface area contributed by atoms with Crippen LogP contribution in [0.15, 0.2) is 45.5 Å². The summed E-state index contributed by atoms with van der Waals surface area (Å²) in [5.41, 5.74) is 0.386. The molecular formula is C14H18N4O5S3. The van der Waals surface area contributed by atoms with Gasteiger partial charge in [0.15, 0.2) is 0 Å². The molecule has 0 aliphatic rings. The average molecular weight is 419 g/mol. The molecular weight excluding hydrogens is 400 g/mol. The third-order valence-corrected chi connectivity index (χ3v) is 7.53. The highest BCUT2D eigenvalue weighted by Crippen LogP contribution is 2.23. The molecule has 0 radical (unpaired) electrons. The highest BCUT2D eigenvalue weighted by Gasteiger charge is 2.19. The van der Waals surface area contributed by atoms with E-state index in [1.165, 1.54) is 44.4 Å². The van der Waals surface area contributed by atoms with Crippen LogP contribution >= 0.6 is 11.3 Å². The van der Waals surface area contributed by atoms with E-state index in [1.807, 2.05) is 0 Å². The molecule has 1 aromatic heterocycles. The lowest BCUT2D eigenvalue weighted by atomic mass is 10.3. The van der Waals surface area contributed by atoms with Crippen LogP contribution in [-0.4, -0.2) is 41.3 Å². The number of hydrogen-bond acceptors (Lipinski definition) is 6. The fraction of sp³-hybridized carbons (Fsp3) is 0.214. The van der Waals surface area contributed by atoms with Crippen molar-refractivity contribution < 1.29 is 21.6 Å². The SMILES string of the molecule is CN(C)S(=O)(=O)c1ccc(CNC(=O)Nc2ccc(S(N)(=O)=O)cc2)s1. The van der Waals surface area contributed by atoms with Crippen molar-refractivity contribution in [2.24, 2.45) is 5.14 Å². The molecule has 0 fully saturated rings. The summed E-state index contributed by atoms with van der Waals surface area (Å²) >= 11 is 1.07. The minimum absolute atomic E-state index is 0.0586. The van der Waals surface area contributed by atoms with Crippen LogP contribution in [0.25, 0.3) is 0 Å². The van der Waals surface area contributed by atoms with Crippen LogP contribution in [0.1, 0.15) is 4.88 Å². The van der Waals surface area contributed by atoms with Crippen LogP contribution in [0.3, 0.4) is 0 Å². The van der Waals surface area contributed by atoms with Crippen molar-refractivity contribution in [3.63, 3.8) is 0 Å². The molecule has 142 valence electrons. The molecule has 2 aromatic rings. The molecule has 0 aliphatic carbocycles. The second kappa shape index (κ2) is 7.72. The first-order valence-corrected chi connectivity index (χ1v) is 11.0. The average Bonchev–Trinajstić information content (AvgIpc) is 3.02. The van der Waals surface area contributed by atoms with E-state index in [2.05, 4.69) is 10.6 Å². The van der Waals surface area contributed by atoms with Crippen molar-refractivity contribution in [2.75, 3.05) is 19.4 Å². The van der Waals surface area contributed by atoms with Gasteiger partial charge in [-0.3, -0.25) is 0 Å². The summed E-state index contributed by atoms with van der Waals surface area (Å²) in [5, 5.41) is 10.1. The Hall–Kier alpha value is -1.99. The highest BCUT2D eigenvalue weighted by molar-refractivity contribution is 7.91. The summed E-state index contributed by atoms with van der Waals surface area (Å²) in [6, 6.07) is 7.98. The third-order valence-electron chi connectivity index (χ3n) is 3.24. The van der Waals surface area contributed by atoms with Gasteiger partial charge in [0, 0.05) is 24.7 Å². The zero-order valence-electron chi connectivity index (χ0n) is 14.0. The minimum atomic E-state index is -3.79. The second-order valence-electron chi connectivity index (χ2n) is 5.39. The van der Waals surface area contributed by atoms with E-state index in [-0.39, 0.29) is 15.6 Å². The number of anilines is 1. The van der Waals surface area contributed by atoms with E-state index in [0.717, 1.165) is 15.6 Å². The number of nitrogens with two attached hydrogens (primary N) is 1. The summed E-state index contributed by atoms with van der Waals surface area (Å²) < 4.78 is 47.7. The maximum absolute atomic E-state index is 12.0. The van der Waals surface area contributed by atoms with Gasteiger partial charge in [0.05, 0.1) is 11.4 Å². The Kier molecular flexibility index (Phi) is 6.03. The molecule has 1 heterocycles. The summed E-state index contributed by atoms with van der Waals surface area (Å²) in [4.78, 5) is 12.5. The molecule has 2 rings (SSSR count). The molecule has 4 N–H and O–H groups in total. The van der Waals surface area contributed by atoms with Gasteiger partial charge in [0.25, 0.3) is 10.0 Å². The molecule has 0 aliphatic heterocycles. The van der Waals surface area contributed by atoms with Crippen molar-refractivity contribution in [2.45, 2.75) is 15.6 Å². The van der Waals surface area contributed by atoms with E-state index in [1.54, 1.807) is 6.07 Å². The summed E-state index contributed by atoms with van der Waals surface area (Å²) in [6.45, 7) is 0.148. The maximum Gasteiger partial charge on any atom is 0.319 e. The predicted octanol–water partition coefficient (Wildman–Crippen LogP) is 0.968. The summed E-state index contributed by atoms with van der Waals surface area (Å²) in [7, 11) is -4.39. The molecule has 0 atom stereocenters. The van der Waals surface area contributed by atoms with Crippen LogP contribution < -0.4 is 15.8 Å². The standard InChI is InChI=1S/C14H18N4O5S3/c1-18(2)26(22,23)13-8-5-11(24-13)9-16-14(19)17-10-3-6-12(7-4-10)25(15,20)21/h3-8H,9H2,1-2H3,(H2,15,20,21)(H2,16,17,19). The number of thiophene rings is 1. The molecule has 2 amide bonds. The number of primary sulfonamides is 1. The Labute approximate surface area is 155 Å². The number of benzene rings is 1. The Balaban J connectivity index is 1.94. The van der Waals surface area contributed by atoms with E-state index in [4.69, 9.17) is 5.14 Å². The second-order valence-corrected chi connectivity index (χ2v) is 10.5. The van der Waals surface area contributed by atoms with Crippen molar-refractivity contribution in [3.05, 3.63) is 41.3 Å². The van der Waals surface area contributed by atoms with Gasteiger partial charge in [-0.25, -0.2) is 31.1 Å². The first-order valence-electron chi connectivity index (χ1n) is 7.19. The number of rotatable bonds is 6. The minimum Gasteiger partial charge on any atom is -0.333 e. The van der Waals surface area contributed by atoms with Crippen molar-refractivity contribution in [1.29, 1.82) is 0 Å². The molecule has 0 saturated heterocycles. The number of nitrogens with one attached hydrogen (secondary N) is 2. The van der Waals surface area contributed by atoms with Gasteiger partial charge in [-0.1, -0.05) is 0 Å². The largest absolute Gasteiger partial charge is 0.333 e. The lowest BCUT2D eigenvalue weighted by Gasteiger charge is -2.08.